The predicted molar refractivity (Wildman–Crippen MR) is 188 cm³/mol. The maximum atomic E-state index is 6.36. The highest BCUT2D eigenvalue weighted by Gasteiger charge is 2.40. The maximum absolute atomic E-state index is 6.36. The second-order valence-corrected chi connectivity index (χ2v) is 14.7. The Morgan fingerprint density at radius 1 is 0.837 bits per heavy atom. The van der Waals surface area contributed by atoms with E-state index in [1.165, 1.54) is 36.9 Å². The number of nitrogens with zero attached hydrogens (tertiary/aromatic N) is 4. The largest absolute Gasteiger partial charge is 0.360 e. The van der Waals surface area contributed by atoms with Crippen molar-refractivity contribution in [1.82, 2.24) is 24.9 Å². The third-order valence-electron chi connectivity index (χ3n) is 9.61. The number of benzene rings is 2. The van der Waals surface area contributed by atoms with Crippen LogP contribution < -0.4 is 5.32 Å². The normalized spacial score (nSPS) is 23.7. The molecule has 0 radical (unpaired) electrons. The molecule has 0 bridgehead atoms. The molecule has 3 fully saturated rings. The van der Waals surface area contributed by atoms with Gasteiger partial charge < -0.3 is 20.0 Å². The van der Waals surface area contributed by atoms with Crippen LogP contribution in [0.3, 0.4) is 0 Å². The zero-order valence-corrected chi connectivity index (χ0v) is 28.5. The van der Waals surface area contributed by atoms with Crippen molar-refractivity contribution >= 4 is 34.7 Å². The van der Waals surface area contributed by atoms with Crippen LogP contribution in [0.5, 0.6) is 0 Å². The molecule has 0 saturated carbocycles. The molecule has 43 heavy (non-hydrogen) atoms. The molecule has 0 spiro atoms. The maximum Gasteiger partial charge on any atom is 0.172 e. The Morgan fingerprint density at radius 3 is 2.21 bits per heavy atom. The van der Waals surface area contributed by atoms with Crippen LogP contribution in [0.4, 0.5) is 0 Å². The summed E-state index contributed by atoms with van der Waals surface area (Å²) in [5.41, 5.74) is 2.78. The van der Waals surface area contributed by atoms with E-state index in [9.17, 15) is 0 Å². The molecule has 2 aromatic carbocycles. The van der Waals surface area contributed by atoms with Gasteiger partial charge in [0, 0.05) is 50.8 Å². The zero-order chi connectivity index (χ0) is 30.3. The molecule has 1 N–H and O–H groups in total. The summed E-state index contributed by atoms with van der Waals surface area (Å²) in [4.78, 5) is 10.5. The first-order chi connectivity index (χ1) is 20.8. The monoisotopic (exact) mass is 619 g/mol. The van der Waals surface area contributed by atoms with Gasteiger partial charge in [0.1, 0.15) is 0 Å². The Morgan fingerprint density at radius 2 is 1.53 bits per heavy atom. The van der Waals surface area contributed by atoms with Crippen LogP contribution in [0.25, 0.3) is 0 Å². The Kier molecular flexibility index (Phi) is 11.4. The highest BCUT2D eigenvalue weighted by molar-refractivity contribution is 7.80. The fraction of sp³-hybridized carbons (Fsp3) is 0.611. The molecule has 0 aliphatic carbocycles. The third-order valence-corrected chi connectivity index (χ3v) is 10.5. The van der Waals surface area contributed by atoms with Gasteiger partial charge in [-0.25, -0.2) is 0 Å². The summed E-state index contributed by atoms with van der Waals surface area (Å²) < 4.78 is 0. The first-order valence-electron chi connectivity index (χ1n) is 16.7. The lowest BCUT2D eigenvalue weighted by Crippen LogP contribution is -2.51. The molecule has 0 unspecified atom stereocenters. The van der Waals surface area contributed by atoms with Crippen LogP contribution in [-0.2, 0) is 12.8 Å². The van der Waals surface area contributed by atoms with Crippen LogP contribution >= 0.6 is 24.4 Å². The minimum Gasteiger partial charge on any atom is -0.360 e. The lowest BCUT2D eigenvalue weighted by atomic mass is 10.0. The average Bonchev–Trinajstić information content (AvgIpc) is 3.66. The van der Waals surface area contributed by atoms with E-state index in [0.717, 1.165) is 62.2 Å². The minimum absolute atomic E-state index is 0.396. The number of thiocarbonyl (C=S) groups is 2. The van der Waals surface area contributed by atoms with Crippen LogP contribution in [0.15, 0.2) is 60.7 Å². The van der Waals surface area contributed by atoms with E-state index in [0.29, 0.717) is 36.0 Å². The third kappa shape index (κ3) is 8.49. The van der Waals surface area contributed by atoms with Gasteiger partial charge in [0.25, 0.3) is 0 Å². The summed E-state index contributed by atoms with van der Waals surface area (Å²) in [5.74, 6) is 1.29. The predicted octanol–water partition coefficient (Wildman–Crippen LogP) is 6.23. The van der Waals surface area contributed by atoms with Crippen LogP contribution in [0.1, 0.15) is 64.5 Å². The molecule has 0 amide bonds. The molecule has 7 heteroatoms. The van der Waals surface area contributed by atoms with Crippen molar-refractivity contribution in [3.8, 4) is 0 Å². The van der Waals surface area contributed by atoms with Crippen molar-refractivity contribution in [1.29, 1.82) is 0 Å². The minimum atomic E-state index is 0.396. The first-order valence-corrected chi connectivity index (χ1v) is 17.5. The summed E-state index contributed by atoms with van der Waals surface area (Å²) in [6.07, 6.45) is 6.93. The molecule has 3 heterocycles. The molecule has 5 nitrogen and oxygen atoms in total. The Bertz CT molecular complexity index is 1170. The average molecular weight is 620 g/mol. The fourth-order valence-corrected chi connectivity index (χ4v) is 8.29. The van der Waals surface area contributed by atoms with E-state index in [2.05, 4.69) is 113 Å². The molecular weight excluding hydrogens is 567 g/mol. The fourth-order valence-electron chi connectivity index (χ4n) is 7.52. The summed E-state index contributed by atoms with van der Waals surface area (Å²) in [6.45, 7) is 15.6. The zero-order valence-electron chi connectivity index (χ0n) is 26.8. The molecule has 3 saturated heterocycles. The van der Waals surface area contributed by atoms with E-state index < -0.39 is 0 Å². The van der Waals surface area contributed by atoms with Gasteiger partial charge in [-0.3, -0.25) is 4.90 Å². The highest BCUT2D eigenvalue weighted by Crippen LogP contribution is 2.29. The van der Waals surface area contributed by atoms with Gasteiger partial charge in [0.05, 0.1) is 6.04 Å². The smallest absolute Gasteiger partial charge is 0.172 e. The SMILES string of the molecule is CC(C)C[C@H]1CNC(=S)N1C[C@H]1CCCN1C[C@H](CC(C)C)N1C[C@H](Cc2ccccc2)N(CCc2ccccc2)C1=S. The van der Waals surface area contributed by atoms with E-state index in [1.807, 2.05) is 0 Å². The number of nitrogens with one attached hydrogen (secondary N) is 1. The standard InChI is InChI=1S/C36H53N5S2/c1-27(2)20-32-23-37-35(42)40(32)25-31-16-11-18-38(31)24-33(21-28(3)4)41-26-34(22-30-14-9-6-10-15-30)39(36(41)43)19-17-29-12-7-5-8-13-29/h5-10,12-15,27-28,31-34H,11,16-26H2,1-4H3,(H,37,42)/t31-,32+,33+,34+/m1/s1. The van der Waals surface area contributed by atoms with Gasteiger partial charge in [-0.15, -0.1) is 0 Å². The number of likely N-dealkylation sites (tertiary alicyclic amines) is 1. The van der Waals surface area contributed by atoms with Gasteiger partial charge >= 0.3 is 0 Å². The Balaban J connectivity index is 1.31. The molecule has 2 aromatic rings. The quantitative estimate of drug-likeness (QED) is 0.251. The molecular formula is C36H53N5S2. The lowest BCUT2D eigenvalue weighted by Gasteiger charge is -2.38. The van der Waals surface area contributed by atoms with E-state index in [-0.39, 0.29) is 0 Å². The van der Waals surface area contributed by atoms with Gasteiger partial charge in [-0.05, 0) is 92.5 Å². The Hall–Kier alpha value is -2.22. The molecule has 4 atom stereocenters. The van der Waals surface area contributed by atoms with Crippen molar-refractivity contribution < 1.29 is 0 Å². The van der Waals surface area contributed by atoms with Crippen molar-refractivity contribution in [2.24, 2.45) is 11.8 Å². The molecule has 5 rings (SSSR count). The van der Waals surface area contributed by atoms with E-state index >= 15 is 0 Å². The van der Waals surface area contributed by atoms with Gasteiger partial charge in [-0.2, -0.15) is 0 Å². The number of hydrogen-bond donors (Lipinski definition) is 1. The van der Waals surface area contributed by atoms with Gasteiger partial charge in [0.2, 0.25) is 0 Å². The second-order valence-electron chi connectivity index (χ2n) is 13.9. The second kappa shape index (κ2) is 15.2. The van der Waals surface area contributed by atoms with Crippen molar-refractivity contribution in [2.75, 3.05) is 39.3 Å². The highest BCUT2D eigenvalue weighted by atomic mass is 32.1. The van der Waals surface area contributed by atoms with Gasteiger partial charge in [-0.1, -0.05) is 88.4 Å². The lowest BCUT2D eigenvalue weighted by molar-refractivity contribution is 0.147. The molecule has 3 aliphatic rings. The Labute approximate surface area is 272 Å². The van der Waals surface area contributed by atoms with Crippen molar-refractivity contribution in [3.63, 3.8) is 0 Å². The first kappa shape index (κ1) is 32.2. The summed E-state index contributed by atoms with van der Waals surface area (Å²) in [5, 5.41) is 5.50. The number of rotatable bonds is 14. The topological polar surface area (TPSA) is 25.0 Å². The van der Waals surface area contributed by atoms with Gasteiger partial charge in [0.15, 0.2) is 10.2 Å². The van der Waals surface area contributed by atoms with E-state index in [4.69, 9.17) is 24.4 Å². The molecule has 0 aromatic heterocycles. The molecule has 3 aliphatic heterocycles. The van der Waals surface area contributed by atoms with E-state index in [1.54, 1.807) is 0 Å². The van der Waals surface area contributed by atoms with Crippen LogP contribution in [0.2, 0.25) is 0 Å². The summed E-state index contributed by atoms with van der Waals surface area (Å²) in [7, 11) is 0. The summed E-state index contributed by atoms with van der Waals surface area (Å²) in [6, 6.07) is 23.7. The molecule has 234 valence electrons. The van der Waals surface area contributed by atoms with Crippen molar-refractivity contribution in [3.05, 3.63) is 71.8 Å². The van der Waals surface area contributed by atoms with Crippen LogP contribution in [-0.4, -0.2) is 93.3 Å². The van der Waals surface area contributed by atoms with Crippen molar-refractivity contribution in [2.45, 2.75) is 90.4 Å². The van der Waals surface area contributed by atoms with Crippen LogP contribution in [0, 0.1) is 11.8 Å². The summed E-state index contributed by atoms with van der Waals surface area (Å²) >= 11 is 12.2. The number of hydrogen-bond acceptors (Lipinski definition) is 3.